The predicted octanol–water partition coefficient (Wildman–Crippen LogP) is 2.50. The average molecular weight is 261 g/mol. The summed E-state index contributed by atoms with van der Waals surface area (Å²) in [5.74, 6) is 0. The van der Waals surface area contributed by atoms with E-state index in [-0.39, 0.29) is 17.5 Å². The Kier molecular flexibility index (Phi) is 4.10. The number of piperidine rings is 1. The number of carbonyl (C=O) groups is 1. The second-order valence-electron chi connectivity index (χ2n) is 5.97. The van der Waals surface area contributed by atoms with Crippen molar-refractivity contribution < 1.29 is 4.79 Å². The van der Waals surface area contributed by atoms with Crippen LogP contribution in [0.15, 0.2) is 24.3 Å². The molecule has 1 aromatic carbocycles. The summed E-state index contributed by atoms with van der Waals surface area (Å²) in [5, 5.41) is 9.33. The first-order chi connectivity index (χ1) is 8.97. The Labute approximate surface area is 115 Å². The lowest BCUT2D eigenvalue weighted by Gasteiger charge is -2.39. The topological polar surface area (TPSA) is 53.2 Å². The normalized spacial score (nSPS) is 21.7. The minimum absolute atomic E-state index is 0.0862. The molecule has 4 nitrogen and oxygen atoms in total. The molecule has 4 heteroatoms. The number of urea groups is 1. The van der Waals surface area contributed by atoms with Crippen molar-refractivity contribution in [1.82, 2.24) is 10.6 Å². The standard InChI is InChI=1S/C15H23N3O/c1-11-4-6-12(7-5-11)17-14(19)18-13-8-9-16-10-15(13,2)3/h4-7,13,16H,8-10H2,1-3H3,(H2,17,18,19). The zero-order chi connectivity index (χ0) is 13.9. The maximum atomic E-state index is 12.0. The largest absolute Gasteiger partial charge is 0.335 e. The molecule has 0 bridgehead atoms. The van der Waals surface area contributed by atoms with Gasteiger partial charge in [0.15, 0.2) is 0 Å². The van der Waals surface area contributed by atoms with E-state index in [2.05, 4.69) is 29.8 Å². The van der Waals surface area contributed by atoms with Crippen LogP contribution in [0.3, 0.4) is 0 Å². The second-order valence-corrected chi connectivity index (χ2v) is 5.97. The smallest absolute Gasteiger partial charge is 0.319 e. The summed E-state index contributed by atoms with van der Waals surface area (Å²) in [6.45, 7) is 8.27. The highest BCUT2D eigenvalue weighted by Gasteiger charge is 2.33. The molecule has 1 heterocycles. The zero-order valence-corrected chi connectivity index (χ0v) is 11.9. The lowest BCUT2D eigenvalue weighted by atomic mass is 9.80. The van der Waals surface area contributed by atoms with Gasteiger partial charge < -0.3 is 16.0 Å². The number of hydrogen-bond donors (Lipinski definition) is 3. The zero-order valence-electron chi connectivity index (χ0n) is 11.9. The maximum Gasteiger partial charge on any atom is 0.319 e. The number of aryl methyl sites for hydroxylation is 1. The van der Waals surface area contributed by atoms with Gasteiger partial charge in [-0.15, -0.1) is 0 Å². The molecule has 104 valence electrons. The average Bonchev–Trinajstić information content (AvgIpc) is 2.35. The van der Waals surface area contributed by atoms with E-state index < -0.39 is 0 Å². The van der Waals surface area contributed by atoms with Gasteiger partial charge in [-0.25, -0.2) is 4.79 Å². The lowest BCUT2D eigenvalue weighted by Crippen LogP contribution is -2.55. The minimum atomic E-state index is -0.121. The fourth-order valence-corrected chi connectivity index (χ4v) is 2.40. The predicted molar refractivity (Wildman–Crippen MR) is 78.4 cm³/mol. The van der Waals surface area contributed by atoms with Crippen LogP contribution in [0.1, 0.15) is 25.8 Å². The van der Waals surface area contributed by atoms with Crippen LogP contribution in [-0.4, -0.2) is 25.2 Å². The SMILES string of the molecule is Cc1ccc(NC(=O)NC2CCNCC2(C)C)cc1. The first kappa shape index (κ1) is 13.9. The van der Waals surface area contributed by atoms with Crippen LogP contribution >= 0.6 is 0 Å². The van der Waals surface area contributed by atoms with Gasteiger partial charge in [-0.2, -0.15) is 0 Å². The Balaban J connectivity index is 1.92. The highest BCUT2D eigenvalue weighted by Crippen LogP contribution is 2.25. The molecule has 0 aromatic heterocycles. The highest BCUT2D eigenvalue weighted by atomic mass is 16.2. The van der Waals surface area contributed by atoms with Gasteiger partial charge >= 0.3 is 6.03 Å². The molecule has 0 radical (unpaired) electrons. The summed E-state index contributed by atoms with van der Waals surface area (Å²) in [6.07, 6.45) is 0.967. The van der Waals surface area contributed by atoms with Crippen LogP contribution < -0.4 is 16.0 Å². The van der Waals surface area contributed by atoms with Crippen LogP contribution in [0.25, 0.3) is 0 Å². The number of nitrogens with one attached hydrogen (secondary N) is 3. The molecule has 0 aliphatic carbocycles. The van der Waals surface area contributed by atoms with E-state index >= 15 is 0 Å². The number of hydrogen-bond acceptors (Lipinski definition) is 2. The third kappa shape index (κ3) is 3.70. The fourth-order valence-electron chi connectivity index (χ4n) is 2.40. The van der Waals surface area contributed by atoms with E-state index in [1.165, 1.54) is 5.56 Å². The molecule has 2 amide bonds. The molecule has 1 unspecified atom stereocenters. The number of anilines is 1. The molecule has 1 aliphatic heterocycles. The molecule has 1 saturated heterocycles. The fraction of sp³-hybridized carbons (Fsp3) is 0.533. The molecular formula is C15H23N3O. The third-order valence-electron chi connectivity index (χ3n) is 3.75. The van der Waals surface area contributed by atoms with Gasteiger partial charge in [-0.1, -0.05) is 31.5 Å². The van der Waals surface area contributed by atoms with Crippen LogP contribution in [0.2, 0.25) is 0 Å². The molecule has 0 saturated carbocycles. The summed E-state index contributed by atoms with van der Waals surface area (Å²) >= 11 is 0. The Morgan fingerprint density at radius 1 is 1.32 bits per heavy atom. The number of benzene rings is 1. The number of rotatable bonds is 2. The summed E-state index contributed by atoms with van der Waals surface area (Å²) in [4.78, 5) is 12.0. The summed E-state index contributed by atoms with van der Waals surface area (Å²) < 4.78 is 0. The molecule has 19 heavy (non-hydrogen) atoms. The Hall–Kier alpha value is -1.55. The lowest BCUT2D eigenvalue weighted by molar-refractivity contribution is 0.184. The summed E-state index contributed by atoms with van der Waals surface area (Å²) in [7, 11) is 0. The van der Waals surface area contributed by atoms with Crippen molar-refractivity contribution in [2.45, 2.75) is 33.2 Å². The molecule has 3 N–H and O–H groups in total. The van der Waals surface area contributed by atoms with E-state index in [1.807, 2.05) is 31.2 Å². The Morgan fingerprint density at radius 3 is 2.63 bits per heavy atom. The molecule has 0 spiro atoms. The monoisotopic (exact) mass is 261 g/mol. The molecule has 1 atom stereocenters. The van der Waals surface area contributed by atoms with Crippen molar-refractivity contribution in [1.29, 1.82) is 0 Å². The van der Waals surface area contributed by atoms with Crippen LogP contribution in [0.5, 0.6) is 0 Å². The highest BCUT2D eigenvalue weighted by molar-refractivity contribution is 5.89. The van der Waals surface area contributed by atoms with Gasteiger partial charge in [0.05, 0.1) is 0 Å². The van der Waals surface area contributed by atoms with Crippen LogP contribution in [0, 0.1) is 12.3 Å². The van der Waals surface area contributed by atoms with Gasteiger partial charge in [0.2, 0.25) is 0 Å². The Morgan fingerprint density at radius 2 is 2.00 bits per heavy atom. The van der Waals surface area contributed by atoms with Gasteiger partial charge in [-0.3, -0.25) is 0 Å². The molecule has 1 aliphatic rings. The van der Waals surface area contributed by atoms with E-state index in [9.17, 15) is 4.79 Å². The molecule has 2 rings (SSSR count). The van der Waals surface area contributed by atoms with Crippen molar-refractivity contribution in [2.75, 3.05) is 18.4 Å². The van der Waals surface area contributed by atoms with Crippen molar-refractivity contribution in [2.24, 2.45) is 5.41 Å². The minimum Gasteiger partial charge on any atom is -0.335 e. The molecule has 1 fully saturated rings. The molecular weight excluding hydrogens is 238 g/mol. The van der Waals surface area contributed by atoms with Gasteiger partial charge in [0.1, 0.15) is 0 Å². The third-order valence-corrected chi connectivity index (χ3v) is 3.75. The van der Waals surface area contributed by atoms with Gasteiger partial charge in [0.25, 0.3) is 0 Å². The van der Waals surface area contributed by atoms with Crippen molar-refractivity contribution >= 4 is 11.7 Å². The first-order valence-electron chi connectivity index (χ1n) is 6.82. The van der Waals surface area contributed by atoms with Crippen molar-refractivity contribution in [3.63, 3.8) is 0 Å². The van der Waals surface area contributed by atoms with Crippen molar-refractivity contribution in [3.8, 4) is 0 Å². The van der Waals surface area contributed by atoms with E-state index in [0.717, 1.165) is 25.2 Å². The van der Waals surface area contributed by atoms with Gasteiger partial charge in [0, 0.05) is 18.3 Å². The first-order valence-corrected chi connectivity index (χ1v) is 6.82. The summed E-state index contributed by atoms with van der Waals surface area (Å²) in [5.41, 5.74) is 2.10. The van der Waals surface area contributed by atoms with Crippen molar-refractivity contribution in [3.05, 3.63) is 29.8 Å². The van der Waals surface area contributed by atoms with E-state index in [0.29, 0.717) is 0 Å². The van der Waals surface area contributed by atoms with E-state index in [4.69, 9.17) is 0 Å². The number of amides is 2. The second kappa shape index (κ2) is 5.61. The number of carbonyl (C=O) groups excluding carboxylic acids is 1. The Bertz CT molecular complexity index is 439. The van der Waals surface area contributed by atoms with E-state index in [1.54, 1.807) is 0 Å². The maximum absolute atomic E-state index is 12.0. The molecule has 1 aromatic rings. The summed E-state index contributed by atoms with van der Waals surface area (Å²) in [6, 6.07) is 7.90. The van der Waals surface area contributed by atoms with Gasteiger partial charge in [-0.05, 0) is 37.4 Å². The van der Waals surface area contributed by atoms with Crippen LogP contribution in [0.4, 0.5) is 10.5 Å². The van der Waals surface area contributed by atoms with Crippen LogP contribution in [-0.2, 0) is 0 Å². The quantitative estimate of drug-likeness (QED) is 0.766.